The molecule has 1 rings (SSSR count). The standard InChI is InChI=1S/C16H28N2/c1-14-5-7-15(8-6-14)9-11-18(4)12-10-16(2,3)13-17/h5-8H,9-13,17H2,1-4H3. The van der Waals surface area contributed by atoms with Gasteiger partial charge in [-0.3, -0.25) is 0 Å². The number of nitrogens with zero attached hydrogens (tertiary/aromatic N) is 1. The smallest absolute Gasteiger partial charge is 0.00188 e. The topological polar surface area (TPSA) is 29.3 Å². The number of likely N-dealkylation sites (N-methyl/N-ethyl adjacent to an activating group) is 1. The van der Waals surface area contributed by atoms with E-state index in [9.17, 15) is 0 Å². The summed E-state index contributed by atoms with van der Waals surface area (Å²) in [5.74, 6) is 0. The van der Waals surface area contributed by atoms with Gasteiger partial charge in [0.05, 0.1) is 0 Å². The molecule has 2 N–H and O–H groups in total. The zero-order valence-corrected chi connectivity index (χ0v) is 12.4. The molecule has 0 saturated heterocycles. The molecule has 102 valence electrons. The van der Waals surface area contributed by atoms with Crippen molar-refractivity contribution in [3.63, 3.8) is 0 Å². The van der Waals surface area contributed by atoms with Crippen molar-refractivity contribution in [3.05, 3.63) is 35.4 Å². The Bertz CT molecular complexity index is 341. The lowest BCUT2D eigenvalue weighted by Gasteiger charge is -2.26. The van der Waals surface area contributed by atoms with Crippen molar-refractivity contribution < 1.29 is 0 Å². The number of hydrogen-bond donors (Lipinski definition) is 1. The first-order valence-corrected chi connectivity index (χ1v) is 6.87. The minimum Gasteiger partial charge on any atom is -0.330 e. The average molecular weight is 248 g/mol. The van der Waals surface area contributed by atoms with Gasteiger partial charge >= 0.3 is 0 Å². The molecule has 0 aromatic heterocycles. The maximum absolute atomic E-state index is 5.75. The van der Waals surface area contributed by atoms with Crippen LogP contribution in [-0.2, 0) is 6.42 Å². The number of benzene rings is 1. The molecule has 2 nitrogen and oxygen atoms in total. The maximum Gasteiger partial charge on any atom is 0.00188 e. The lowest BCUT2D eigenvalue weighted by Crippen LogP contribution is -2.30. The van der Waals surface area contributed by atoms with Gasteiger partial charge in [-0.1, -0.05) is 43.7 Å². The van der Waals surface area contributed by atoms with Gasteiger partial charge in [-0.15, -0.1) is 0 Å². The lowest BCUT2D eigenvalue weighted by molar-refractivity contribution is 0.256. The van der Waals surface area contributed by atoms with E-state index in [4.69, 9.17) is 5.73 Å². The van der Waals surface area contributed by atoms with E-state index in [2.05, 4.69) is 57.0 Å². The van der Waals surface area contributed by atoms with Crippen molar-refractivity contribution in [2.24, 2.45) is 11.1 Å². The van der Waals surface area contributed by atoms with Gasteiger partial charge in [-0.25, -0.2) is 0 Å². The molecule has 0 aliphatic heterocycles. The van der Waals surface area contributed by atoms with Crippen molar-refractivity contribution in [2.75, 3.05) is 26.7 Å². The van der Waals surface area contributed by atoms with Gasteiger partial charge in [0, 0.05) is 6.54 Å². The third-order valence-corrected chi connectivity index (χ3v) is 3.63. The molecule has 0 amide bonds. The van der Waals surface area contributed by atoms with Gasteiger partial charge in [0.15, 0.2) is 0 Å². The molecule has 0 aliphatic carbocycles. The molecular weight excluding hydrogens is 220 g/mol. The van der Waals surface area contributed by atoms with Crippen LogP contribution < -0.4 is 5.73 Å². The Morgan fingerprint density at radius 1 is 1.11 bits per heavy atom. The monoisotopic (exact) mass is 248 g/mol. The van der Waals surface area contributed by atoms with E-state index in [1.165, 1.54) is 11.1 Å². The summed E-state index contributed by atoms with van der Waals surface area (Å²) in [7, 11) is 2.20. The van der Waals surface area contributed by atoms with E-state index in [-0.39, 0.29) is 5.41 Å². The maximum atomic E-state index is 5.75. The predicted molar refractivity (Wildman–Crippen MR) is 79.8 cm³/mol. The Kier molecular flexibility index (Phi) is 5.83. The molecule has 0 fully saturated rings. The van der Waals surface area contributed by atoms with Crippen LogP contribution in [0.4, 0.5) is 0 Å². The largest absolute Gasteiger partial charge is 0.330 e. The van der Waals surface area contributed by atoms with Crippen LogP contribution in [0.5, 0.6) is 0 Å². The molecule has 1 aromatic rings. The number of aryl methyl sites for hydroxylation is 1. The van der Waals surface area contributed by atoms with E-state index in [0.717, 1.165) is 32.5 Å². The molecular formula is C16H28N2. The molecule has 1 aromatic carbocycles. The van der Waals surface area contributed by atoms with Crippen LogP contribution in [-0.4, -0.2) is 31.6 Å². The minimum absolute atomic E-state index is 0.262. The fourth-order valence-corrected chi connectivity index (χ4v) is 1.78. The van der Waals surface area contributed by atoms with Gasteiger partial charge in [0.2, 0.25) is 0 Å². The first kappa shape index (κ1) is 15.2. The molecule has 0 atom stereocenters. The Morgan fingerprint density at radius 2 is 1.72 bits per heavy atom. The highest BCUT2D eigenvalue weighted by Gasteiger charge is 2.15. The summed E-state index contributed by atoms with van der Waals surface area (Å²) in [5.41, 5.74) is 8.77. The second kappa shape index (κ2) is 6.91. The summed E-state index contributed by atoms with van der Waals surface area (Å²) >= 11 is 0. The van der Waals surface area contributed by atoms with Gasteiger partial charge < -0.3 is 10.6 Å². The first-order valence-electron chi connectivity index (χ1n) is 6.87. The Hall–Kier alpha value is -0.860. The molecule has 18 heavy (non-hydrogen) atoms. The van der Waals surface area contributed by atoms with Crippen molar-refractivity contribution in [1.82, 2.24) is 4.90 Å². The molecule has 0 spiro atoms. The summed E-state index contributed by atoms with van der Waals surface area (Å²) in [5, 5.41) is 0. The minimum atomic E-state index is 0.262. The van der Waals surface area contributed by atoms with Gasteiger partial charge in [-0.05, 0) is 50.9 Å². The average Bonchev–Trinajstić information content (AvgIpc) is 2.36. The third kappa shape index (κ3) is 5.65. The first-order chi connectivity index (χ1) is 8.43. The van der Waals surface area contributed by atoms with Crippen LogP contribution in [0.25, 0.3) is 0 Å². The van der Waals surface area contributed by atoms with E-state index in [1.54, 1.807) is 0 Å². The fourth-order valence-electron chi connectivity index (χ4n) is 1.78. The highest BCUT2D eigenvalue weighted by atomic mass is 15.1. The number of rotatable bonds is 7. The van der Waals surface area contributed by atoms with Gasteiger partial charge in [0.25, 0.3) is 0 Å². The van der Waals surface area contributed by atoms with Crippen LogP contribution in [0, 0.1) is 12.3 Å². The molecule has 2 heteroatoms. The molecule has 0 bridgehead atoms. The highest BCUT2D eigenvalue weighted by Crippen LogP contribution is 2.18. The van der Waals surface area contributed by atoms with E-state index >= 15 is 0 Å². The number of hydrogen-bond acceptors (Lipinski definition) is 2. The van der Waals surface area contributed by atoms with Crippen molar-refractivity contribution in [3.8, 4) is 0 Å². The van der Waals surface area contributed by atoms with Gasteiger partial charge in [0.1, 0.15) is 0 Å². The van der Waals surface area contributed by atoms with Crippen LogP contribution in [0.15, 0.2) is 24.3 Å². The third-order valence-electron chi connectivity index (χ3n) is 3.63. The Labute approximate surface area is 112 Å². The number of nitrogens with two attached hydrogens (primary N) is 1. The molecule has 0 radical (unpaired) electrons. The predicted octanol–water partition coefficient (Wildman–Crippen LogP) is 2.84. The van der Waals surface area contributed by atoms with Crippen LogP contribution >= 0.6 is 0 Å². The Morgan fingerprint density at radius 3 is 2.28 bits per heavy atom. The van der Waals surface area contributed by atoms with E-state index in [1.807, 2.05) is 0 Å². The molecule has 0 unspecified atom stereocenters. The second-order valence-corrected chi connectivity index (χ2v) is 6.16. The second-order valence-electron chi connectivity index (χ2n) is 6.16. The van der Waals surface area contributed by atoms with Crippen molar-refractivity contribution in [2.45, 2.75) is 33.6 Å². The molecule has 0 saturated carbocycles. The van der Waals surface area contributed by atoms with Crippen LogP contribution in [0.3, 0.4) is 0 Å². The summed E-state index contributed by atoms with van der Waals surface area (Å²) in [6, 6.07) is 8.83. The van der Waals surface area contributed by atoms with Crippen LogP contribution in [0.2, 0.25) is 0 Å². The fraction of sp³-hybridized carbons (Fsp3) is 0.625. The quantitative estimate of drug-likeness (QED) is 0.804. The summed E-state index contributed by atoms with van der Waals surface area (Å²) in [4.78, 5) is 2.40. The lowest BCUT2D eigenvalue weighted by atomic mass is 9.89. The zero-order valence-electron chi connectivity index (χ0n) is 12.4. The molecule has 0 heterocycles. The van der Waals surface area contributed by atoms with Crippen molar-refractivity contribution >= 4 is 0 Å². The summed E-state index contributed by atoms with van der Waals surface area (Å²) in [6.45, 7) is 9.60. The highest BCUT2D eigenvalue weighted by molar-refractivity contribution is 5.21. The van der Waals surface area contributed by atoms with Gasteiger partial charge in [-0.2, -0.15) is 0 Å². The SMILES string of the molecule is Cc1ccc(CCN(C)CCC(C)(C)CN)cc1. The van der Waals surface area contributed by atoms with E-state index in [0.29, 0.717) is 0 Å². The normalized spacial score (nSPS) is 12.1. The van der Waals surface area contributed by atoms with E-state index < -0.39 is 0 Å². The van der Waals surface area contributed by atoms with Crippen molar-refractivity contribution in [1.29, 1.82) is 0 Å². The van der Waals surface area contributed by atoms with Crippen LogP contribution in [0.1, 0.15) is 31.4 Å². The summed E-state index contributed by atoms with van der Waals surface area (Å²) in [6.07, 6.45) is 2.29. The molecule has 0 aliphatic rings. The summed E-state index contributed by atoms with van der Waals surface area (Å²) < 4.78 is 0. The zero-order chi connectivity index (χ0) is 13.6. The Balaban J connectivity index is 2.29.